The summed E-state index contributed by atoms with van der Waals surface area (Å²) in [6.45, 7) is 5.56. The first-order chi connectivity index (χ1) is 14.5. The molecule has 0 radical (unpaired) electrons. The number of aliphatic hydroxyl groups is 1. The van der Waals surface area contributed by atoms with Crippen LogP contribution in [0.2, 0.25) is 5.02 Å². The lowest BCUT2D eigenvalue weighted by molar-refractivity contribution is 0.00334. The maximum Gasteiger partial charge on any atom is 0.145 e. The van der Waals surface area contributed by atoms with Crippen LogP contribution in [0.15, 0.2) is 66.3 Å². The Morgan fingerprint density at radius 1 is 1.33 bits per heavy atom. The maximum absolute atomic E-state index is 13.6. The Labute approximate surface area is 181 Å². The Hall–Kier alpha value is -2.25. The zero-order valence-electron chi connectivity index (χ0n) is 16.7. The van der Waals surface area contributed by atoms with Crippen molar-refractivity contribution in [2.75, 3.05) is 26.3 Å². The molecule has 1 N–H and O–H groups in total. The van der Waals surface area contributed by atoms with E-state index < -0.39 is 6.10 Å². The summed E-state index contributed by atoms with van der Waals surface area (Å²) in [6, 6.07) is 13.9. The Balaban J connectivity index is 1.61. The molecule has 0 aromatic heterocycles. The second-order valence-corrected chi connectivity index (χ2v) is 7.72. The molecular formula is C23H26ClFN2O3. The van der Waals surface area contributed by atoms with Gasteiger partial charge in [0.05, 0.1) is 25.0 Å². The minimum Gasteiger partial charge on any atom is -0.390 e. The van der Waals surface area contributed by atoms with Gasteiger partial charge in [-0.15, -0.1) is 6.58 Å². The first-order valence-electron chi connectivity index (χ1n) is 9.85. The molecule has 0 amide bonds. The van der Waals surface area contributed by atoms with E-state index in [2.05, 4.69) is 11.7 Å². The summed E-state index contributed by atoms with van der Waals surface area (Å²) < 4.78 is 19.0. The van der Waals surface area contributed by atoms with Crippen LogP contribution >= 0.6 is 11.6 Å². The van der Waals surface area contributed by atoms with E-state index in [1.807, 2.05) is 35.2 Å². The van der Waals surface area contributed by atoms with Gasteiger partial charge in [0.25, 0.3) is 0 Å². The Kier molecular flexibility index (Phi) is 8.39. The van der Waals surface area contributed by atoms with Crippen LogP contribution in [0, 0.1) is 5.82 Å². The van der Waals surface area contributed by atoms with Gasteiger partial charge in [-0.2, -0.15) is 0 Å². The van der Waals surface area contributed by atoms with E-state index in [1.165, 1.54) is 12.1 Å². The number of ether oxygens (including phenoxy) is 1. The van der Waals surface area contributed by atoms with E-state index in [9.17, 15) is 9.50 Å². The molecule has 30 heavy (non-hydrogen) atoms. The molecule has 1 aliphatic rings. The van der Waals surface area contributed by atoms with Gasteiger partial charge in [-0.25, -0.2) is 4.39 Å². The third-order valence-corrected chi connectivity index (χ3v) is 4.93. The summed E-state index contributed by atoms with van der Waals surface area (Å²) in [5.74, 6) is -0.284. The molecule has 0 saturated heterocycles. The topological polar surface area (TPSA) is 54.3 Å². The molecule has 0 bridgehead atoms. The lowest BCUT2D eigenvalue weighted by Crippen LogP contribution is -2.39. The molecule has 5 nitrogen and oxygen atoms in total. The summed E-state index contributed by atoms with van der Waals surface area (Å²) in [5, 5.41) is 15.2. The standard InChI is InChI=1S/C23H26ClFN2O3/c1-2-10-29-16-21(28)14-27(13-17-4-3-5-20(25)11-17)15-22-12-23(26-30-22)18-6-8-19(24)9-7-18/h2-9,11,21-22,28H,1,10,12-16H2/t21-,22+/m0/s1. The molecule has 2 aromatic rings. The number of hydrogen-bond acceptors (Lipinski definition) is 5. The molecule has 0 saturated carbocycles. The van der Waals surface area contributed by atoms with E-state index in [0.717, 1.165) is 16.8 Å². The Bertz CT molecular complexity index is 860. The zero-order chi connectivity index (χ0) is 21.3. The highest BCUT2D eigenvalue weighted by Gasteiger charge is 2.26. The predicted octanol–water partition coefficient (Wildman–Crippen LogP) is 4.04. The van der Waals surface area contributed by atoms with Crippen molar-refractivity contribution in [3.63, 3.8) is 0 Å². The maximum atomic E-state index is 13.6. The van der Waals surface area contributed by atoms with Crippen molar-refractivity contribution in [2.45, 2.75) is 25.2 Å². The summed E-state index contributed by atoms with van der Waals surface area (Å²) in [7, 11) is 0. The minimum atomic E-state index is -0.684. The molecule has 0 unspecified atom stereocenters. The third kappa shape index (κ3) is 6.92. The normalized spacial score (nSPS) is 16.9. The number of aliphatic hydroxyl groups excluding tert-OH is 1. The number of hydrogen-bond donors (Lipinski definition) is 1. The van der Waals surface area contributed by atoms with Crippen molar-refractivity contribution in [3.05, 3.63) is 83.2 Å². The molecule has 0 fully saturated rings. The van der Waals surface area contributed by atoms with Crippen molar-refractivity contribution in [3.8, 4) is 0 Å². The largest absolute Gasteiger partial charge is 0.390 e. The van der Waals surface area contributed by atoms with Crippen LogP contribution in [0.25, 0.3) is 0 Å². The number of oxime groups is 1. The van der Waals surface area contributed by atoms with Crippen molar-refractivity contribution < 1.29 is 19.1 Å². The second-order valence-electron chi connectivity index (χ2n) is 7.28. The molecule has 0 spiro atoms. The van der Waals surface area contributed by atoms with Crippen LogP contribution in [0.5, 0.6) is 0 Å². The van der Waals surface area contributed by atoms with Crippen LogP contribution in [-0.4, -0.2) is 54.2 Å². The molecule has 2 aromatic carbocycles. The first kappa shape index (κ1) is 22.4. The smallest absolute Gasteiger partial charge is 0.145 e. The van der Waals surface area contributed by atoms with Gasteiger partial charge in [0.2, 0.25) is 0 Å². The fraction of sp³-hybridized carbons (Fsp3) is 0.348. The van der Waals surface area contributed by atoms with Crippen molar-refractivity contribution in [2.24, 2.45) is 5.16 Å². The van der Waals surface area contributed by atoms with Gasteiger partial charge in [-0.1, -0.05) is 47.1 Å². The lowest BCUT2D eigenvalue weighted by Gasteiger charge is -2.27. The Morgan fingerprint density at radius 2 is 2.13 bits per heavy atom. The number of benzene rings is 2. The van der Waals surface area contributed by atoms with E-state index >= 15 is 0 Å². The average molecular weight is 433 g/mol. The van der Waals surface area contributed by atoms with E-state index in [0.29, 0.717) is 37.7 Å². The number of halogens is 2. The van der Waals surface area contributed by atoms with Crippen LogP contribution < -0.4 is 0 Å². The minimum absolute atomic E-state index is 0.162. The van der Waals surface area contributed by atoms with Crippen molar-refractivity contribution in [1.29, 1.82) is 0 Å². The summed E-state index contributed by atoms with van der Waals surface area (Å²) in [4.78, 5) is 7.66. The fourth-order valence-electron chi connectivity index (χ4n) is 3.36. The van der Waals surface area contributed by atoms with Gasteiger partial charge in [-0.3, -0.25) is 4.90 Å². The van der Waals surface area contributed by atoms with Gasteiger partial charge in [0.15, 0.2) is 0 Å². The summed E-state index contributed by atoms with van der Waals surface area (Å²) >= 11 is 5.95. The molecule has 2 atom stereocenters. The van der Waals surface area contributed by atoms with E-state index in [4.69, 9.17) is 21.2 Å². The van der Waals surface area contributed by atoms with Gasteiger partial charge < -0.3 is 14.7 Å². The average Bonchev–Trinajstić information content (AvgIpc) is 3.17. The van der Waals surface area contributed by atoms with Gasteiger partial charge in [-0.05, 0) is 35.4 Å². The highest BCUT2D eigenvalue weighted by molar-refractivity contribution is 6.30. The molecule has 1 aliphatic heterocycles. The highest BCUT2D eigenvalue weighted by Crippen LogP contribution is 2.20. The highest BCUT2D eigenvalue weighted by atomic mass is 35.5. The monoisotopic (exact) mass is 432 g/mol. The van der Waals surface area contributed by atoms with Crippen LogP contribution in [0.1, 0.15) is 17.5 Å². The van der Waals surface area contributed by atoms with Gasteiger partial charge in [0.1, 0.15) is 11.9 Å². The van der Waals surface area contributed by atoms with Crippen molar-refractivity contribution >= 4 is 17.3 Å². The molecule has 160 valence electrons. The Morgan fingerprint density at radius 3 is 2.87 bits per heavy atom. The number of nitrogens with zero attached hydrogens (tertiary/aromatic N) is 2. The first-order valence-corrected chi connectivity index (χ1v) is 10.2. The predicted molar refractivity (Wildman–Crippen MR) is 116 cm³/mol. The van der Waals surface area contributed by atoms with Crippen LogP contribution in [0.4, 0.5) is 4.39 Å². The summed E-state index contributed by atoms with van der Waals surface area (Å²) in [6.07, 6.45) is 1.44. The van der Waals surface area contributed by atoms with Crippen LogP contribution in [0.3, 0.4) is 0 Å². The molecule has 7 heteroatoms. The molecule has 0 aliphatic carbocycles. The number of rotatable bonds is 11. The van der Waals surface area contributed by atoms with Gasteiger partial charge in [0, 0.05) is 31.1 Å². The SMILES string of the molecule is C=CCOC[C@@H](O)CN(Cc1cccc(F)c1)C[C@H]1CC(c2ccc(Cl)cc2)=NO1. The summed E-state index contributed by atoms with van der Waals surface area (Å²) in [5.41, 5.74) is 2.65. The molecular weight excluding hydrogens is 407 g/mol. The molecule has 3 rings (SSSR count). The lowest BCUT2D eigenvalue weighted by atomic mass is 10.0. The quantitative estimate of drug-likeness (QED) is 0.430. The second kappa shape index (κ2) is 11.2. The fourth-order valence-corrected chi connectivity index (χ4v) is 3.49. The van der Waals surface area contributed by atoms with E-state index in [-0.39, 0.29) is 18.5 Å². The van der Waals surface area contributed by atoms with Crippen molar-refractivity contribution in [1.82, 2.24) is 4.90 Å². The molecule has 1 heterocycles. The van der Waals surface area contributed by atoms with Gasteiger partial charge >= 0.3 is 0 Å². The van der Waals surface area contributed by atoms with Crippen LogP contribution in [-0.2, 0) is 16.1 Å². The zero-order valence-corrected chi connectivity index (χ0v) is 17.5. The van der Waals surface area contributed by atoms with E-state index in [1.54, 1.807) is 12.1 Å². The third-order valence-electron chi connectivity index (χ3n) is 4.68.